The van der Waals surface area contributed by atoms with Gasteiger partial charge in [-0.2, -0.15) is 8.78 Å². The number of anilines is 1. The number of hydrogen-bond acceptors (Lipinski definition) is 4. The van der Waals surface area contributed by atoms with E-state index in [0.717, 1.165) is 4.57 Å². The van der Waals surface area contributed by atoms with Crippen LogP contribution in [0.1, 0.15) is 0 Å². The summed E-state index contributed by atoms with van der Waals surface area (Å²) < 4.78 is 29.6. The first kappa shape index (κ1) is 17.8. The number of ether oxygens (including phenoxy) is 1. The molecule has 0 radical (unpaired) electrons. The maximum absolute atomic E-state index is 12.4. The van der Waals surface area contributed by atoms with Crippen LogP contribution in [0.15, 0.2) is 53.6 Å². The van der Waals surface area contributed by atoms with Gasteiger partial charge in [-0.25, -0.2) is 4.98 Å². The Morgan fingerprint density at radius 1 is 1.23 bits per heavy atom. The van der Waals surface area contributed by atoms with E-state index in [2.05, 4.69) is 15.0 Å². The van der Waals surface area contributed by atoms with Crippen molar-refractivity contribution in [3.63, 3.8) is 0 Å². The molecule has 0 bridgehead atoms. The standard InChI is InChI=1S/C17H12ClF2N3O3/c18-10-1-6-14-13(7-10)16(25)23(9-21-14)8-15(24)22-11-2-4-12(5-3-11)26-17(19)20/h1-7,9,17H,8H2,(H,22,24). The normalized spacial score (nSPS) is 10.9. The maximum Gasteiger partial charge on any atom is 0.387 e. The van der Waals surface area contributed by atoms with Crippen molar-refractivity contribution in [1.82, 2.24) is 9.55 Å². The summed E-state index contributed by atoms with van der Waals surface area (Å²) in [5, 5.41) is 3.26. The molecule has 0 aliphatic heterocycles. The van der Waals surface area contributed by atoms with E-state index in [9.17, 15) is 18.4 Å². The summed E-state index contributed by atoms with van der Waals surface area (Å²) in [5.74, 6) is -0.498. The highest BCUT2D eigenvalue weighted by Gasteiger charge is 2.10. The fourth-order valence-corrected chi connectivity index (χ4v) is 2.49. The number of carbonyl (C=O) groups is 1. The van der Waals surface area contributed by atoms with Gasteiger partial charge in [0, 0.05) is 10.7 Å². The number of hydrogen-bond donors (Lipinski definition) is 1. The molecular formula is C17H12ClF2N3O3. The largest absolute Gasteiger partial charge is 0.435 e. The third-order valence-electron chi connectivity index (χ3n) is 3.46. The Hall–Kier alpha value is -3.00. The van der Waals surface area contributed by atoms with Crippen molar-refractivity contribution >= 4 is 34.1 Å². The quantitative estimate of drug-likeness (QED) is 0.738. The van der Waals surface area contributed by atoms with Gasteiger partial charge in [0.15, 0.2) is 0 Å². The maximum atomic E-state index is 12.4. The highest BCUT2D eigenvalue weighted by Crippen LogP contribution is 2.18. The van der Waals surface area contributed by atoms with E-state index < -0.39 is 18.1 Å². The lowest BCUT2D eigenvalue weighted by molar-refractivity contribution is -0.116. The molecule has 0 saturated heterocycles. The minimum Gasteiger partial charge on any atom is -0.435 e. The zero-order valence-corrected chi connectivity index (χ0v) is 13.9. The van der Waals surface area contributed by atoms with Gasteiger partial charge in [-0.05, 0) is 42.5 Å². The molecule has 134 valence electrons. The minimum absolute atomic E-state index is 0.0233. The fourth-order valence-electron chi connectivity index (χ4n) is 2.32. The van der Waals surface area contributed by atoms with E-state index in [1.54, 1.807) is 12.1 Å². The van der Waals surface area contributed by atoms with Crippen molar-refractivity contribution in [2.24, 2.45) is 0 Å². The summed E-state index contributed by atoms with van der Waals surface area (Å²) in [7, 11) is 0. The SMILES string of the molecule is O=C(Cn1cnc2ccc(Cl)cc2c1=O)Nc1ccc(OC(F)F)cc1. The highest BCUT2D eigenvalue weighted by molar-refractivity contribution is 6.31. The second-order valence-corrected chi connectivity index (χ2v) is 5.73. The van der Waals surface area contributed by atoms with Crippen LogP contribution in [-0.4, -0.2) is 22.1 Å². The smallest absolute Gasteiger partial charge is 0.387 e. The predicted molar refractivity (Wildman–Crippen MR) is 92.7 cm³/mol. The molecule has 3 rings (SSSR count). The van der Waals surface area contributed by atoms with Crippen molar-refractivity contribution in [2.45, 2.75) is 13.2 Å². The van der Waals surface area contributed by atoms with Gasteiger partial charge in [-0.1, -0.05) is 11.6 Å². The highest BCUT2D eigenvalue weighted by atomic mass is 35.5. The Labute approximate surface area is 151 Å². The first-order valence-electron chi connectivity index (χ1n) is 7.42. The van der Waals surface area contributed by atoms with Gasteiger partial charge in [-0.15, -0.1) is 0 Å². The number of fused-ring (bicyclic) bond motifs is 1. The minimum atomic E-state index is -2.92. The van der Waals surface area contributed by atoms with Crippen LogP contribution >= 0.6 is 11.6 Å². The van der Waals surface area contributed by atoms with Crippen LogP contribution in [0, 0.1) is 0 Å². The average Bonchev–Trinajstić information content (AvgIpc) is 2.59. The molecule has 0 unspecified atom stereocenters. The summed E-state index contributed by atoms with van der Waals surface area (Å²) in [6.07, 6.45) is 1.28. The van der Waals surface area contributed by atoms with Gasteiger partial charge in [0.05, 0.1) is 17.2 Å². The molecule has 0 fully saturated rings. The lowest BCUT2D eigenvalue weighted by Crippen LogP contribution is -2.27. The number of halogens is 3. The molecule has 1 N–H and O–H groups in total. The number of amides is 1. The zero-order valence-electron chi connectivity index (χ0n) is 13.2. The molecule has 0 aliphatic carbocycles. The number of nitrogens with zero attached hydrogens (tertiary/aromatic N) is 2. The van der Waals surface area contributed by atoms with E-state index >= 15 is 0 Å². The van der Waals surface area contributed by atoms with E-state index in [1.165, 1.54) is 36.7 Å². The Kier molecular flexibility index (Phi) is 5.13. The molecule has 3 aromatic rings. The van der Waals surface area contributed by atoms with E-state index in [1.807, 2.05) is 0 Å². The van der Waals surface area contributed by atoms with Gasteiger partial charge < -0.3 is 10.1 Å². The number of aromatic nitrogens is 2. The lowest BCUT2D eigenvalue weighted by atomic mass is 10.2. The molecule has 6 nitrogen and oxygen atoms in total. The van der Waals surface area contributed by atoms with Crippen molar-refractivity contribution in [1.29, 1.82) is 0 Å². The molecule has 0 aliphatic rings. The number of rotatable bonds is 5. The van der Waals surface area contributed by atoms with Crippen molar-refractivity contribution in [3.05, 3.63) is 64.2 Å². The Balaban J connectivity index is 1.73. The van der Waals surface area contributed by atoms with Crippen LogP contribution in [0.25, 0.3) is 10.9 Å². The second-order valence-electron chi connectivity index (χ2n) is 5.29. The van der Waals surface area contributed by atoms with Crippen molar-refractivity contribution in [2.75, 3.05) is 5.32 Å². The molecule has 0 spiro atoms. The molecule has 1 aromatic heterocycles. The summed E-state index contributed by atoms with van der Waals surface area (Å²) in [4.78, 5) is 28.7. The van der Waals surface area contributed by atoms with Crippen LogP contribution in [0.5, 0.6) is 5.75 Å². The zero-order chi connectivity index (χ0) is 18.7. The number of benzene rings is 2. The van der Waals surface area contributed by atoms with Crippen LogP contribution < -0.4 is 15.6 Å². The average molecular weight is 380 g/mol. The number of carbonyl (C=O) groups excluding carboxylic acids is 1. The Morgan fingerprint density at radius 3 is 2.65 bits per heavy atom. The van der Waals surface area contributed by atoms with E-state index in [0.29, 0.717) is 21.6 Å². The monoisotopic (exact) mass is 379 g/mol. The lowest BCUT2D eigenvalue weighted by Gasteiger charge is -2.09. The summed E-state index contributed by atoms with van der Waals surface area (Å²) in [6, 6.07) is 10.2. The van der Waals surface area contributed by atoms with Crippen molar-refractivity contribution < 1.29 is 18.3 Å². The Bertz CT molecular complexity index is 1010. The summed E-state index contributed by atoms with van der Waals surface area (Å²) in [5.41, 5.74) is 0.459. The molecule has 26 heavy (non-hydrogen) atoms. The number of nitrogens with one attached hydrogen (secondary N) is 1. The summed E-state index contributed by atoms with van der Waals surface area (Å²) >= 11 is 5.89. The van der Waals surface area contributed by atoms with Crippen LogP contribution in [0.2, 0.25) is 5.02 Å². The molecule has 0 atom stereocenters. The topological polar surface area (TPSA) is 73.2 Å². The molecule has 1 amide bonds. The van der Waals surface area contributed by atoms with Crippen LogP contribution in [0.3, 0.4) is 0 Å². The van der Waals surface area contributed by atoms with Gasteiger partial charge >= 0.3 is 6.61 Å². The summed E-state index contributed by atoms with van der Waals surface area (Å²) in [6.45, 7) is -3.18. The first-order valence-corrected chi connectivity index (χ1v) is 7.79. The third-order valence-corrected chi connectivity index (χ3v) is 3.70. The molecule has 0 saturated carbocycles. The molecule has 2 aromatic carbocycles. The van der Waals surface area contributed by atoms with Gasteiger partial charge in [0.25, 0.3) is 5.56 Å². The first-order chi connectivity index (χ1) is 12.4. The van der Waals surface area contributed by atoms with Gasteiger partial charge in [0.2, 0.25) is 5.91 Å². The molecule has 9 heteroatoms. The molecular weight excluding hydrogens is 368 g/mol. The van der Waals surface area contributed by atoms with Crippen molar-refractivity contribution in [3.8, 4) is 5.75 Å². The fraction of sp³-hybridized carbons (Fsp3) is 0.118. The van der Waals surface area contributed by atoms with E-state index in [-0.39, 0.29) is 12.3 Å². The van der Waals surface area contributed by atoms with Gasteiger partial charge in [0.1, 0.15) is 12.3 Å². The van der Waals surface area contributed by atoms with Crippen LogP contribution in [0.4, 0.5) is 14.5 Å². The van der Waals surface area contributed by atoms with Crippen LogP contribution in [-0.2, 0) is 11.3 Å². The Morgan fingerprint density at radius 2 is 1.96 bits per heavy atom. The van der Waals surface area contributed by atoms with E-state index in [4.69, 9.17) is 11.6 Å². The van der Waals surface area contributed by atoms with Gasteiger partial charge in [-0.3, -0.25) is 14.2 Å². The second kappa shape index (κ2) is 7.49. The predicted octanol–water partition coefficient (Wildman–Crippen LogP) is 3.29. The third kappa shape index (κ3) is 4.15. The molecule has 1 heterocycles. The number of alkyl halides is 2.